The summed E-state index contributed by atoms with van der Waals surface area (Å²) in [5, 5.41) is 0. The molecule has 0 unspecified atom stereocenters. The number of rotatable bonds is 3. The average molecular weight is 318 g/mol. The fourth-order valence-corrected chi connectivity index (χ4v) is 3.62. The Labute approximate surface area is 113 Å². The monoisotopic (exact) mass is 317 g/mol. The second-order valence-corrected chi connectivity index (χ2v) is 6.64. The summed E-state index contributed by atoms with van der Waals surface area (Å²) >= 11 is 3.49. The van der Waals surface area contributed by atoms with Gasteiger partial charge in [0.1, 0.15) is 5.75 Å². The molecule has 1 aromatic carbocycles. The largest absolute Gasteiger partial charge is 0.496 e. The molecule has 94 valence electrons. The fourth-order valence-electron chi connectivity index (χ4n) is 1.90. The first-order chi connectivity index (χ1) is 8.19. The zero-order chi connectivity index (χ0) is 12.3. The standard InChI is InChI=1S/C12H16BrNO2S/c1-16-12-3-2-10(8-11(12)13)9-14-4-6-17(15)7-5-14/h2-3,8H,4-7,9H2,1H3. The van der Waals surface area contributed by atoms with E-state index in [-0.39, 0.29) is 0 Å². The van der Waals surface area contributed by atoms with Crippen molar-refractivity contribution in [3.63, 3.8) is 0 Å². The lowest BCUT2D eigenvalue weighted by Crippen LogP contribution is -2.37. The van der Waals surface area contributed by atoms with Gasteiger partial charge in [0.25, 0.3) is 0 Å². The van der Waals surface area contributed by atoms with Crippen LogP contribution in [0.25, 0.3) is 0 Å². The van der Waals surface area contributed by atoms with Crippen molar-refractivity contribution in [3.8, 4) is 5.75 Å². The Morgan fingerprint density at radius 3 is 2.71 bits per heavy atom. The van der Waals surface area contributed by atoms with Crippen LogP contribution in [0.5, 0.6) is 5.75 Å². The molecule has 1 aliphatic rings. The van der Waals surface area contributed by atoms with Gasteiger partial charge in [0.2, 0.25) is 0 Å². The van der Waals surface area contributed by atoms with E-state index in [0.717, 1.165) is 41.4 Å². The van der Waals surface area contributed by atoms with Crippen molar-refractivity contribution in [2.75, 3.05) is 31.7 Å². The highest BCUT2D eigenvalue weighted by Crippen LogP contribution is 2.26. The van der Waals surface area contributed by atoms with E-state index in [1.54, 1.807) is 7.11 Å². The van der Waals surface area contributed by atoms with Crippen molar-refractivity contribution in [2.24, 2.45) is 0 Å². The first-order valence-electron chi connectivity index (χ1n) is 5.59. The first kappa shape index (κ1) is 13.1. The van der Waals surface area contributed by atoms with Gasteiger partial charge in [0.15, 0.2) is 0 Å². The van der Waals surface area contributed by atoms with Gasteiger partial charge >= 0.3 is 0 Å². The van der Waals surface area contributed by atoms with E-state index in [2.05, 4.69) is 33.0 Å². The summed E-state index contributed by atoms with van der Waals surface area (Å²) in [5.41, 5.74) is 1.25. The summed E-state index contributed by atoms with van der Waals surface area (Å²) in [6.07, 6.45) is 0. The Hall–Kier alpha value is -0.390. The Bertz CT molecular complexity index is 415. The minimum atomic E-state index is -0.599. The molecule has 0 amide bonds. The van der Waals surface area contributed by atoms with E-state index < -0.39 is 10.8 Å². The predicted octanol–water partition coefficient (Wildman–Crippen LogP) is 2.02. The smallest absolute Gasteiger partial charge is 0.133 e. The van der Waals surface area contributed by atoms with Gasteiger partial charge in [0.05, 0.1) is 11.6 Å². The lowest BCUT2D eigenvalue weighted by Gasteiger charge is -2.26. The molecule has 2 rings (SSSR count). The van der Waals surface area contributed by atoms with Crippen LogP contribution in [0.2, 0.25) is 0 Å². The maximum atomic E-state index is 11.3. The zero-order valence-electron chi connectivity index (χ0n) is 9.82. The van der Waals surface area contributed by atoms with Gasteiger partial charge in [0, 0.05) is 41.9 Å². The van der Waals surface area contributed by atoms with Gasteiger partial charge in [-0.2, -0.15) is 0 Å². The zero-order valence-corrected chi connectivity index (χ0v) is 12.2. The number of hydrogen-bond acceptors (Lipinski definition) is 3. The van der Waals surface area contributed by atoms with Crippen molar-refractivity contribution in [2.45, 2.75) is 6.54 Å². The molecule has 0 aliphatic carbocycles. The molecule has 0 spiro atoms. The third kappa shape index (κ3) is 3.53. The molecule has 0 N–H and O–H groups in total. The van der Waals surface area contributed by atoms with Gasteiger partial charge in [-0.1, -0.05) is 6.07 Å². The molecule has 17 heavy (non-hydrogen) atoms. The minimum Gasteiger partial charge on any atom is -0.496 e. The van der Waals surface area contributed by atoms with Crippen molar-refractivity contribution < 1.29 is 8.95 Å². The number of halogens is 1. The highest BCUT2D eigenvalue weighted by atomic mass is 79.9. The van der Waals surface area contributed by atoms with Crippen molar-refractivity contribution in [3.05, 3.63) is 28.2 Å². The van der Waals surface area contributed by atoms with E-state index in [9.17, 15) is 4.21 Å². The van der Waals surface area contributed by atoms with Crippen molar-refractivity contribution in [1.82, 2.24) is 4.90 Å². The van der Waals surface area contributed by atoms with E-state index in [1.807, 2.05) is 6.07 Å². The van der Waals surface area contributed by atoms with E-state index >= 15 is 0 Å². The Kier molecular flexibility index (Phi) is 4.59. The predicted molar refractivity (Wildman–Crippen MR) is 73.8 cm³/mol. The molecule has 1 aromatic rings. The van der Waals surface area contributed by atoms with E-state index in [0.29, 0.717) is 0 Å². The molecule has 1 heterocycles. The van der Waals surface area contributed by atoms with E-state index in [1.165, 1.54) is 5.56 Å². The first-order valence-corrected chi connectivity index (χ1v) is 7.87. The normalized spacial score (nSPS) is 18.2. The summed E-state index contributed by atoms with van der Waals surface area (Å²) in [6, 6.07) is 6.14. The summed E-state index contributed by atoms with van der Waals surface area (Å²) in [7, 11) is 1.07. The molecule has 1 saturated heterocycles. The van der Waals surface area contributed by atoms with Gasteiger partial charge < -0.3 is 4.74 Å². The summed E-state index contributed by atoms with van der Waals surface area (Å²) < 4.78 is 17.4. The van der Waals surface area contributed by atoms with Crippen LogP contribution in [0, 0.1) is 0 Å². The minimum absolute atomic E-state index is 0.599. The number of methoxy groups -OCH3 is 1. The molecular weight excluding hydrogens is 302 g/mol. The maximum absolute atomic E-state index is 11.3. The molecular formula is C12H16BrNO2S. The van der Waals surface area contributed by atoms with Gasteiger partial charge in [-0.05, 0) is 33.6 Å². The van der Waals surface area contributed by atoms with Crippen LogP contribution in [0.4, 0.5) is 0 Å². The lowest BCUT2D eigenvalue weighted by molar-refractivity contribution is 0.291. The van der Waals surface area contributed by atoms with Gasteiger partial charge in [-0.15, -0.1) is 0 Å². The lowest BCUT2D eigenvalue weighted by atomic mass is 10.2. The van der Waals surface area contributed by atoms with Crippen molar-refractivity contribution in [1.29, 1.82) is 0 Å². The molecule has 0 atom stereocenters. The van der Waals surface area contributed by atoms with Crippen LogP contribution < -0.4 is 4.74 Å². The Balaban J connectivity index is 1.99. The third-order valence-corrected chi connectivity index (χ3v) is 4.79. The van der Waals surface area contributed by atoms with Crippen molar-refractivity contribution >= 4 is 26.7 Å². The SMILES string of the molecule is COc1ccc(CN2CCS(=O)CC2)cc1Br. The molecule has 5 heteroatoms. The Morgan fingerprint density at radius 1 is 1.41 bits per heavy atom. The molecule has 0 bridgehead atoms. The molecule has 0 saturated carbocycles. The number of benzene rings is 1. The molecule has 1 fully saturated rings. The summed E-state index contributed by atoms with van der Waals surface area (Å²) in [6.45, 7) is 2.77. The van der Waals surface area contributed by atoms with Gasteiger partial charge in [-0.25, -0.2) is 0 Å². The number of hydrogen-bond donors (Lipinski definition) is 0. The average Bonchev–Trinajstić information content (AvgIpc) is 2.32. The van der Waals surface area contributed by atoms with Crippen LogP contribution in [0.15, 0.2) is 22.7 Å². The maximum Gasteiger partial charge on any atom is 0.133 e. The molecule has 1 aliphatic heterocycles. The second-order valence-electron chi connectivity index (χ2n) is 4.09. The summed E-state index contributed by atoms with van der Waals surface area (Å²) in [5.74, 6) is 2.46. The quantitative estimate of drug-likeness (QED) is 0.854. The Morgan fingerprint density at radius 2 is 2.12 bits per heavy atom. The molecule has 3 nitrogen and oxygen atoms in total. The molecule has 0 aromatic heterocycles. The third-order valence-electron chi connectivity index (χ3n) is 2.89. The summed E-state index contributed by atoms with van der Waals surface area (Å²) in [4.78, 5) is 2.34. The number of ether oxygens (including phenoxy) is 1. The highest BCUT2D eigenvalue weighted by molar-refractivity contribution is 9.10. The van der Waals surface area contributed by atoms with E-state index in [4.69, 9.17) is 4.74 Å². The molecule has 0 radical (unpaired) electrons. The van der Waals surface area contributed by atoms with Crippen LogP contribution >= 0.6 is 15.9 Å². The van der Waals surface area contributed by atoms with Crippen LogP contribution in [-0.2, 0) is 17.3 Å². The van der Waals surface area contributed by atoms with Crippen LogP contribution in [0.3, 0.4) is 0 Å². The fraction of sp³-hybridized carbons (Fsp3) is 0.500. The number of nitrogens with zero attached hydrogens (tertiary/aromatic N) is 1. The van der Waals surface area contributed by atoms with Crippen LogP contribution in [0.1, 0.15) is 5.56 Å². The second kappa shape index (κ2) is 5.98. The van der Waals surface area contributed by atoms with Crippen LogP contribution in [-0.4, -0.2) is 40.8 Å². The topological polar surface area (TPSA) is 29.5 Å². The van der Waals surface area contributed by atoms with Gasteiger partial charge in [-0.3, -0.25) is 9.11 Å². The highest BCUT2D eigenvalue weighted by Gasteiger charge is 2.15.